The summed E-state index contributed by atoms with van der Waals surface area (Å²) in [6.07, 6.45) is 0.195. The summed E-state index contributed by atoms with van der Waals surface area (Å²) in [5, 5.41) is 0. The van der Waals surface area contributed by atoms with Gasteiger partial charge < -0.3 is 15.4 Å². The topological polar surface area (TPSA) is 55.6 Å². The van der Waals surface area contributed by atoms with Crippen molar-refractivity contribution in [1.29, 1.82) is 0 Å². The minimum absolute atomic E-state index is 0.292. The Kier molecular flexibility index (Phi) is 4.58. The average molecular weight is 359 g/mol. The molecule has 1 aromatic carbocycles. The van der Waals surface area contributed by atoms with Gasteiger partial charge in [0, 0.05) is 17.1 Å². The van der Waals surface area contributed by atoms with Crippen molar-refractivity contribution < 1.29 is 13.9 Å². The van der Waals surface area contributed by atoms with Gasteiger partial charge >= 0.3 is 6.09 Å². The lowest BCUT2D eigenvalue weighted by molar-refractivity contribution is 0.0234. The van der Waals surface area contributed by atoms with E-state index >= 15 is 0 Å². The third kappa shape index (κ3) is 3.95. The SMILES string of the molecule is CC(C)(C)OC(=O)N1CCC(N)c2cc(F)cc(Br)c2C1. The van der Waals surface area contributed by atoms with Crippen molar-refractivity contribution in [3.63, 3.8) is 0 Å². The summed E-state index contributed by atoms with van der Waals surface area (Å²) < 4.78 is 19.6. The number of nitrogens with two attached hydrogens (primary N) is 1. The van der Waals surface area contributed by atoms with Gasteiger partial charge in [-0.2, -0.15) is 0 Å². The zero-order valence-electron chi connectivity index (χ0n) is 12.5. The molecule has 1 amide bonds. The van der Waals surface area contributed by atoms with E-state index in [1.54, 1.807) is 4.90 Å². The monoisotopic (exact) mass is 358 g/mol. The fourth-order valence-corrected chi connectivity index (χ4v) is 2.90. The van der Waals surface area contributed by atoms with Gasteiger partial charge in [-0.3, -0.25) is 0 Å². The second-order valence-electron chi connectivity index (χ2n) is 6.25. The molecule has 1 unspecified atom stereocenters. The van der Waals surface area contributed by atoms with Crippen LogP contribution < -0.4 is 5.73 Å². The molecule has 1 heterocycles. The van der Waals surface area contributed by atoms with Crippen LogP contribution in [-0.4, -0.2) is 23.1 Å². The fraction of sp³-hybridized carbons (Fsp3) is 0.533. The predicted molar refractivity (Wildman–Crippen MR) is 82.3 cm³/mol. The first-order valence-electron chi connectivity index (χ1n) is 6.88. The number of fused-ring (bicyclic) bond motifs is 1. The quantitative estimate of drug-likeness (QED) is 0.768. The van der Waals surface area contributed by atoms with Gasteiger partial charge in [0.1, 0.15) is 11.4 Å². The first kappa shape index (κ1) is 16.2. The molecular formula is C15H20BrFN2O2. The molecule has 1 aromatic rings. The van der Waals surface area contributed by atoms with E-state index in [4.69, 9.17) is 10.5 Å². The summed E-state index contributed by atoms with van der Waals surface area (Å²) in [7, 11) is 0. The Bertz CT molecular complexity index is 557. The maximum atomic E-state index is 13.5. The van der Waals surface area contributed by atoms with Gasteiger partial charge in [-0.25, -0.2) is 9.18 Å². The number of amides is 1. The highest BCUT2D eigenvalue weighted by Crippen LogP contribution is 2.32. The van der Waals surface area contributed by atoms with Crippen molar-refractivity contribution in [2.75, 3.05) is 6.54 Å². The van der Waals surface area contributed by atoms with Crippen LogP contribution in [-0.2, 0) is 11.3 Å². The summed E-state index contributed by atoms with van der Waals surface area (Å²) in [4.78, 5) is 13.8. The van der Waals surface area contributed by atoms with Crippen molar-refractivity contribution >= 4 is 22.0 Å². The van der Waals surface area contributed by atoms with Crippen LogP contribution in [0, 0.1) is 5.82 Å². The van der Waals surface area contributed by atoms with Crippen LogP contribution in [0.2, 0.25) is 0 Å². The molecule has 116 valence electrons. The average Bonchev–Trinajstić information content (AvgIpc) is 2.48. The molecule has 0 radical (unpaired) electrons. The van der Waals surface area contributed by atoms with Crippen LogP contribution in [0.5, 0.6) is 0 Å². The molecule has 0 fully saturated rings. The zero-order valence-corrected chi connectivity index (χ0v) is 14.0. The molecule has 0 saturated heterocycles. The summed E-state index contributed by atoms with van der Waals surface area (Å²) in [6, 6.07) is 2.55. The van der Waals surface area contributed by atoms with E-state index in [1.807, 2.05) is 20.8 Å². The number of carbonyl (C=O) groups excluding carboxylic acids is 1. The van der Waals surface area contributed by atoms with Crippen molar-refractivity contribution in [3.05, 3.63) is 33.5 Å². The number of carbonyl (C=O) groups is 1. The highest BCUT2D eigenvalue weighted by atomic mass is 79.9. The normalized spacial score (nSPS) is 19.0. The van der Waals surface area contributed by atoms with Crippen molar-refractivity contribution in [2.24, 2.45) is 5.73 Å². The Morgan fingerprint density at radius 2 is 2.14 bits per heavy atom. The van der Waals surface area contributed by atoms with Gasteiger partial charge in [0.2, 0.25) is 0 Å². The highest BCUT2D eigenvalue weighted by molar-refractivity contribution is 9.10. The van der Waals surface area contributed by atoms with Crippen LogP contribution >= 0.6 is 15.9 Å². The van der Waals surface area contributed by atoms with E-state index in [0.29, 0.717) is 24.0 Å². The standard InChI is InChI=1S/C15H20BrFN2O2/c1-15(2,3)21-14(20)19-5-4-13(18)10-6-9(17)7-12(16)11(10)8-19/h6-7,13H,4-5,8,18H2,1-3H3. The minimum atomic E-state index is -0.547. The van der Waals surface area contributed by atoms with Crippen molar-refractivity contribution in [2.45, 2.75) is 45.4 Å². The van der Waals surface area contributed by atoms with Gasteiger partial charge in [-0.15, -0.1) is 0 Å². The Hall–Kier alpha value is -1.14. The molecule has 0 aromatic heterocycles. The molecule has 6 heteroatoms. The molecule has 2 rings (SSSR count). The van der Waals surface area contributed by atoms with Gasteiger partial charge in [0.25, 0.3) is 0 Å². The van der Waals surface area contributed by atoms with E-state index < -0.39 is 5.60 Å². The Morgan fingerprint density at radius 3 is 2.76 bits per heavy atom. The molecule has 1 aliphatic heterocycles. The van der Waals surface area contributed by atoms with E-state index in [0.717, 1.165) is 11.1 Å². The summed E-state index contributed by atoms with van der Waals surface area (Å²) >= 11 is 3.36. The van der Waals surface area contributed by atoms with E-state index in [2.05, 4.69) is 15.9 Å². The number of benzene rings is 1. The number of nitrogens with zero attached hydrogens (tertiary/aromatic N) is 1. The number of rotatable bonds is 0. The lowest BCUT2D eigenvalue weighted by Gasteiger charge is -2.26. The Morgan fingerprint density at radius 1 is 1.48 bits per heavy atom. The lowest BCUT2D eigenvalue weighted by atomic mass is 10.00. The first-order valence-corrected chi connectivity index (χ1v) is 7.68. The maximum absolute atomic E-state index is 13.5. The number of halogens is 2. The van der Waals surface area contributed by atoms with E-state index in [-0.39, 0.29) is 18.0 Å². The van der Waals surface area contributed by atoms with Crippen LogP contribution in [0.25, 0.3) is 0 Å². The lowest BCUT2D eigenvalue weighted by Crippen LogP contribution is -2.36. The molecule has 0 aliphatic carbocycles. The maximum Gasteiger partial charge on any atom is 0.410 e. The van der Waals surface area contributed by atoms with Crippen LogP contribution in [0.1, 0.15) is 44.4 Å². The number of hydrogen-bond donors (Lipinski definition) is 1. The van der Waals surface area contributed by atoms with Crippen molar-refractivity contribution in [3.8, 4) is 0 Å². The molecule has 21 heavy (non-hydrogen) atoms. The predicted octanol–water partition coefficient (Wildman–Crippen LogP) is 3.73. The number of ether oxygens (including phenoxy) is 1. The summed E-state index contributed by atoms with van der Waals surface area (Å²) in [5.41, 5.74) is 7.14. The van der Waals surface area contributed by atoms with Crippen LogP contribution in [0.15, 0.2) is 16.6 Å². The molecular weight excluding hydrogens is 339 g/mol. The molecule has 0 bridgehead atoms. The molecule has 1 aliphatic rings. The zero-order chi connectivity index (χ0) is 15.8. The van der Waals surface area contributed by atoms with Gasteiger partial charge in [0.15, 0.2) is 0 Å². The third-order valence-electron chi connectivity index (χ3n) is 3.30. The highest BCUT2D eigenvalue weighted by Gasteiger charge is 2.28. The molecule has 1 atom stereocenters. The van der Waals surface area contributed by atoms with E-state index in [9.17, 15) is 9.18 Å². The molecule has 0 saturated carbocycles. The molecule has 0 spiro atoms. The molecule has 4 nitrogen and oxygen atoms in total. The van der Waals surface area contributed by atoms with Gasteiger partial charge in [-0.05, 0) is 50.5 Å². The van der Waals surface area contributed by atoms with Gasteiger partial charge in [0.05, 0.1) is 6.54 Å². The molecule has 2 N–H and O–H groups in total. The van der Waals surface area contributed by atoms with Crippen LogP contribution in [0.4, 0.5) is 9.18 Å². The first-order chi connectivity index (χ1) is 9.67. The Balaban J connectivity index is 2.29. The van der Waals surface area contributed by atoms with Crippen LogP contribution in [0.3, 0.4) is 0 Å². The second-order valence-corrected chi connectivity index (χ2v) is 7.11. The second kappa shape index (κ2) is 5.93. The smallest absolute Gasteiger partial charge is 0.410 e. The summed E-state index contributed by atoms with van der Waals surface area (Å²) in [6.45, 7) is 6.33. The van der Waals surface area contributed by atoms with Gasteiger partial charge in [-0.1, -0.05) is 15.9 Å². The minimum Gasteiger partial charge on any atom is -0.444 e. The third-order valence-corrected chi connectivity index (χ3v) is 4.01. The Labute approximate surface area is 132 Å². The van der Waals surface area contributed by atoms with Crippen molar-refractivity contribution in [1.82, 2.24) is 4.90 Å². The summed E-state index contributed by atoms with van der Waals surface area (Å²) in [5.74, 6) is -0.332. The van der Waals surface area contributed by atoms with E-state index in [1.165, 1.54) is 12.1 Å². The fourth-order valence-electron chi connectivity index (χ4n) is 2.32. The number of hydrogen-bond acceptors (Lipinski definition) is 3. The largest absolute Gasteiger partial charge is 0.444 e.